The number of nitrogens with one attached hydrogen (secondary N) is 1. The molecule has 1 aromatic rings. The molecule has 0 saturated carbocycles. The lowest BCUT2D eigenvalue weighted by Gasteiger charge is -2.24. The molecule has 2 heterocycles. The molecule has 0 aromatic carbocycles. The van der Waals surface area contributed by atoms with Crippen LogP contribution in [0.15, 0.2) is 11.6 Å². The van der Waals surface area contributed by atoms with Crippen molar-refractivity contribution in [1.82, 2.24) is 14.6 Å². The van der Waals surface area contributed by atoms with Crippen LogP contribution in [0, 0.1) is 11.8 Å². The second-order valence-electron chi connectivity index (χ2n) is 3.24. The largest absolute Gasteiger partial charge is 0.314 e. The van der Waals surface area contributed by atoms with Crippen LogP contribution < -0.4 is 5.32 Å². The van der Waals surface area contributed by atoms with Crippen molar-refractivity contribution < 1.29 is 0 Å². The van der Waals surface area contributed by atoms with Gasteiger partial charge in [0.25, 0.3) is 0 Å². The van der Waals surface area contributed by atoms with E-state index in [1.165, 1.54) is 11.5 Å². The van der Waals surface area contributed by atoms with Gasteiger partial charge in [-0.25, -0.2) is 0 Å². The van der Waals surface area contributed by atoms with E-state index in [4.69, 9.17) is 0 Å². The molecule has 3 nitrogen and oxygen atoms in total. The van der Waals surface area contributed by atoms with Gasteiger partial charge in [0.15, 0.2) is 0 Å². The van der Waals surface area contributed by atoms with Gasteiger partial charge in [-0.15, -0.1) is 0 Å². The maximum absolute atomic E-state index is 4.00. The Labute approximate surface area is 88.3 Å². The first-order chi connectivity index (χ1) is 6.95. The van der Waals surface area contributed by atoms with Crippen LogP contribution in [0.3, 0.4) is 0 Å². The molecule has 2 rings (SSSR count). The molecule has 4 heteroatoms. The van der Waals surface area contributed by atoms with Crippen molar-refractivity contribution in [1.29, 1.82) is 0 Å². The van der Waals surface area contributed by atoms with Crippen molar-refractivity contribution in [3.05, 3.63) is 17.1 Å². The van der Waals surface area contributed by atoms with Gasteiger partial charge in [-0.2, -0.15) is 4.37 Å². The molecule has 0 bridgehead atoms. The van der Waals surface area contributed by atoms with Crippen LogP contribution in [0.1, 0.15) is 5.56 Å². The Morgan fingerprint density at radius 3 is 3.07 bits per heavy atom. The summed E-state index contributed by atoms with van der Waals surface area (Å²) in [6.07, 6.45) is 1.81. The fraction of sp³-hybridized carbons (Fsp3) is 0.500. The molecule has 14 heavy (non-hydrogen) atoms. The molecule has 1 aromatic heterocycles. The number of rotatable bonds is 1. The van der Waals surface area contributed by atoms with Crippen molar-refractivity contribution in [3.8, 4) is 11.8 Å². The minimum Gasteiger partial charge on any atom is -0.314 e. The Morgan fingerprint density at radius 1 is 1.50 bits per heavy atom. The summed E-state index contributed by atoms with van der Waals surface area (Å²) < 4.78 is 4.00. The van der Waals surface area contributed by atoms with E-state index in [0.717, 1.165) is 38.3 Å². The molecule has 0 spiro atoms. The lowest BCUT2D eigenvalue weighted by atomic mass is 10.3. The standard InChI is InChI=1S/C10H13N3S/c1(2-10-8-12-14-9-10)5-13-6-3-11-4-7-13/h8-9,11H,3-7H2. The van der Waals surface area contributed by atoms with Crippen molar-refractivity contribution in [3.63, 3.8) is 0 Å². The highest BCUT2D eigenvalue weighted by molar-refractivity contribution is 7.03. The van der Waals surface area contributed by atoms with Gasteiger partial charge in [0.2, 0.25) is 0 Å². The number of nitrogens with zero attached hydrogens (tertiary/aromatic N) is 2. The molecule has 0 aliphatic carbocycles. The monoisotopic (exact) mass is 207 g/mol. The minimum atomic E-state index is 0.873. The van der Waals surface area contributed by atoms with E-state index in [1.807, 2.05) is 11.6 Å². The minimum absolute atomic E-state index is 0.873. The highest BCUT2D eigenvalue weighted by atomic mass is 32.1. The molecular weight excluding hydrogens is 194 g/mol. The van der Waals surface area contributed by atoms with E-state index >= 15 is 0 Å². The van der Waals surface area contributed by atoms with E-state index in [2.05, 4.69) is 26.4 Å². The lowest BCUT2D eigenvalue weighted by molar-refractivity contribution is 0.268. The van der Waals surface area contributed by atoms with E-state index in [0.29, 0.717) is 0 Å². The lowest BCUT2D eigenvalue weighted by Crippen LogP contribution is -2.43. The summed E-state index contributed by atoms with van der Waals surface area (Å²) in [5.74, 6) is 6.28. The predicted molar refractivity (Wildman–Crippen MR) is 58.3 cm³/mol. The quantitative estimate of drug-likeness (QED) is 0.676. The average molecular weight is 207 g/mol. The van der Waals surface area contributed by atoms with Crippen molar-refractivity contribution in [2.45, 2.75) is 0 Å². The predicted octanol–water partition coefficient (Wildman–Crippen LogP) is 0.400. The van der Waals surface area contributed by atoms with Crippen molar-refractivity contribution in [2.24, 2.45) is 0 Å². The number of hydrogen-bond acceptors (Lipinski definition) is 4. The van der Waals surface area contributed by atoms with E-state index in [-0.39, 0.29) is 0 Å². The summed E-state index contributed by atoms with van der Waals surface area (Å²) in [4.78, 5) is 2.36. The summed E-state index contributed by atoms with van der Waals surface area (Å²) in [5, 5.41) is 5.30. The van der Waals surface area contributed by atoms with Crippen LogP contribution in [0.5, 0.6) is 0 Å². The number of hydrogen-bond donors (Lipinski definition) is 1. The van der Waals surface area contributed by atoms with Crippen LogP contribution in [0.4, 0.5) is 0 Å². The zero-order valence-corrected chi connectivity index (χ0v) is 8.81. The molecule has 1 saturated heterocycles. The van der Waals surface area contributed by atoms with Gasteiger partial charge in [0.05, 0.1) is 18.3 Å². The molecule has 1 aliphatic rings. The SMILES string of the molecule is C(#Cc1cnsc1)CN1CCNCC1. The van der Waals surface area contributed by atoms with E-state index in [1.54, 1.807) is 0 Å². The summed E-state index contributed by atoms with van der Waals surface area (Å²) in [7, 11) is 0. The fourth-order valence-electron chi connectivity index (χ4n) is 1.39. The third-order valence-electron chi connectivity index (χ3n) is 2.18. The number of aromatic nitrogens is 1. The highest BCUT2D eigenvalue weighted by Crippen LogP contribution is 1.98. The van der Waals surface area contributed by atoms with Gasteiger partial charge in [-0.3, -0.25) is 4.90 Å². The van der Waals surface area contributed by atoms with Crippen molar-refractivity contribution >= 4 is 11.5 Å². The molecule has 74 valence electrons. The molecule has 0 unspecified atom stereocenters. The average Bonchev–Trinajstić information content (AvgIpc) is 2.72. The summed E-state index contributed by atoms with van der Waals surface area (Å²) in [5.41, 5.74) is 1.03. The Morgan fingerprint density at radius 2 is 2.36 bits per heavy atom. The van der Waals surface area contributed by atoms with Gasteiger partial charge in [0.1, 0.15) is 0 Å². The van der Waals surface area contributed by atoms with Gasteiger partial charge >= 0.3 is 0 Å². The smallest absolute Gasteiger partial charge is 0.0606 e. The maximum Gasteiger partial charge on any atom is 0.0606 e. The molecular formula is C10H13N3S. The first kappa shape index (κ1) is 9.66. The van der Waals surface area contributed by atoms with Crippen LogP contribution >= 0.6 is 11.5 Å². The third kappa shape index (κ3) is 2.81. The maximum atomic E-state index is 4.00. The molecule has 1 aliphatic heterocycles. The first-order valence-electron chi connectivity index (χ1n) is 4.76. The zero-order valence-electron chi connectivity index (χ0n) is 7.99. The van der Waals surface area contributed by atoms with Crippen LogP contribution in [-0.4, -0.2) is 42.0 Å². The normalized spacial score (nSPS) is 17.4. The molecule has 1 fully saturated rings. The molecule has 1 N–H and O–H groups in total. The van der Waals surface area contributed by atoms with Gasteiger partial charge < -0.3 is 5.32 Å². The second-order valence-corrected chi connectivity index (χ2v) is 3.90. The third-order valence-corrected chi connectivity index (χ3v) is 2.76. The Kier molecular flexibility index (Phi) is 3.52. The summed E-state index contributed by atoms with van der Waals surface area (Å²) in [6, 6.07) is 0. The van der Waals surface area contributed by atoms with E-state index < -0.39 is 0 Å². The van der Waals surface area contributed by atoms with E-state index in [9.17, 15) is 0 Å². The zero-order chi connectivity index (χ0) is 9.64. The first-order valence-corrected chi connectivity index (χ1v) is 5.60. The number of piperazine rings is 1. The Hall–Kier alpha value is -0.890. The van der Waals surface area contributed by atoms with Crippen LogP contribution in [0.25, 0.3) is 0 Å². The highest BCUT2D eigenvalue weighted by Gasteiger charge is 2.06. The Bertz CT molecular complexity index is 317. The van der Waals surface area contributed by atoms with Crippen molar-refractivity contribution in [2.75, 3.05) is 32.7 Å². The summed E-state index contributed by atoms with van der Waals surface area (Å²) in [6.45, 7) is 5.26. The van der Waals surface area contributed by atoms with Gasteiger partial charge in [0, 0.05) is 31.6 Å². The fourth-order valence-corrected chi connectivity index (χ4v) is 1.86. The molecule has 0 atom stereocenters. The summed E-state index contributed by atoms with van der Waals surface area (Å²) >= 11 is 1.45. The van der Waals surface area contributed by atoms with Gasteiger partial charge in [-0.05, 0) is 11.5 Å². The topological polar surface area (TPSA) is 28.2 Å². The van der Waals surface area contributed by atoms with Crippen LogP contribution in [0.2, 0.25) is 0 Å². The van der Waals surface area contributed by atoms with Crippen LogP contribution in [-0.2, 0) is 0 Å². The Balaban J connectivity index is 1.80. The van der Waals surface area contributed by atoms with Gasteiger partial charge in [-0.1, -0.05) is 11.8 Å². The molecule has 0 amide bonds. The molecule has 0 radical (unpaired) electrons. The second kappa shape index (κ2) is 5.11.